The van der Waals surface area contributed by atoms with Gasteiger partial charge in [-0.25, -0.2) is 0 Å². The quantitative estimate of drug-likeness (QED) is 0.164. The van der Waals surface area contributed by atoms with Crippen LogP contribution in [0.15, 0.2) is 206 Å². The van der Waals surface area contributed by atoms with E-state index in [4.69, 9.17) is 0 Å². The van der Waals surface area contributed by atoms with Gasteiger partial charge in [-0.1, -0.05) is 152 Å². The first-order valence-corrected chi connectivity index (χ1v) is 18.6. The van der Waals surface area contributed by atoms with E-state index < -0.39 is 0 Å². The number of para-hydroxylation sites is 2. The van der Waals surface area contributed by atoms with Crippen molar-refractivity contribution in [2.24, 2.45) is 0 Å². The molecule has 0 fully saturated rings. The van der Waals surface area contributed by atoms with E-state index >= 15 is 0 Å². The molecule has 0 aliphatic rings. The van der Waals surface area contributed by atoms with Crippen LogP contribution in [0.5, 0.6) is 0 Å². The Morgan fingerprint density at radius 3 is 1.78 bits per heavy atom. The molecule has 0 amide bonds. The summed E-state index contributed by atoms with van der Waals surface area (Å²) < 4.78 is 2.45. The standard InChI is InChI=1S/C52H34N2/c1-2-20-40(21-3-1)54-49-28-13-12-27-47(49)51-48(33-38-17-7-9-24-44(38)52(51)54)37-19-14-22-41(32-37)53(42-30-29-35-15-4-5-16-36(35)31-42)50-34-39-18-6-8-23-43(39)45-25-10-11-26-46(45)50/h1-34H. The Kier molecular flexibility index (Phi) is 6.90. The van der Waals surface area contributed by atoms with Gasteiger partial charge in [0.1, 0.15) is 0 Å². The molecule has 0 aliphatic carbocycles. The molecule has 10 aromatic carbocycles. The van der Waals surface area contributed by atoms with Crippen LogP contribution in [0.2, 0.25) is 0 Å². The van der Waals surface area contributed by atoms with Gasteiger partial charge in [0.05, 0.1) is 16.7 Å². The SMILES string of the molecule is c1ccc(-n2c3ccccc3c3c(-c4cccc(N(c5ccc6ccccc6c5)c5cc6ccccc6c6ccccc56)c4)cc4ccccc4c32)cc1. The number of hydrogen-bond donors (Lipinski definition) is 0. The number of rotatable bonds is 5. The Balaban J connectivity index is 1.22. The topological polar surface area (TPSA) is 8.17 Å². The summed E-state index contributed by atoms with van der Waals surface area (Å²) in [6.45, 7) is 0. The van der Waals surface area contributed by atoms with Gasteiger partial charge >= 0.3 is 0 Å². The highest BCUT2D eigenvalue weighted by atomic mass is 15.1. The van der Waals surface area contributed by atoms with Crippen LogP contribution < -0.4 is 4.90 Å². The fourth-order valence-electron chi connectivity index (χ4n) is 8.68. The van der Waals surface area contributed by atoms with Crippen LogP contribution in [-0.4, -0.2) is 4.57 Å². The summed E-state index contributed by atoms with van der Waals surface area (Å²) >= 11 is 0. The van der Waals surface area contributed by atoms with E-state index in [9.17, 15) is 0 Å². The third-order valence-corrected chi connectivity index (χ3v) is 11.1. The van der Waals surface area contributed by atoms with Gasteiger partial charge in [0.25, 0.3) is 0 Å². The van der Waals surface area contributed by atoms with Crippen LogP contribution in [0.25, 0.3) is 81.7 Å². The first-order valence-electron chi connectivity index (χ1n) is 18.6. The molecule has 1 heterocycles. The largest absolute Gasteiger partial charge is 0.310 e. The van der Waals surface area contributed by atoms with E-state index in [1.165, 1.54) is 76.0 Å². The number of benzene rings is 10. The Hall–Kier alpha value is -7.16. The van der Waals surface area contributed by atoms with Gasteiger partial charge in [-0.05, 0) is 98.0 Å². The van der Waals surface area contributed by atoms with Gasteiger partial charge in [0.15, 0.2) is 0 Å². The van der Waals surface area contributed by atoms with Crippen LogP contribution in [0.4, 0.5) is 17.1 Å². The molecule has 2 heteroatoms. The summed E-state index contributed by atoms with van der Waals surface area (Å²) in [5.41, 5.74) is 9.37. The van der Waals surface area contributed by atoms with Crippen LogP contribution >= 0.6 is 0 Å². The Bertz CT molecular complexity index is 3230. The monoisotopic (exact) mass is 686 g/mol. The van der Waals surface area contributed by atoms with E-state index in [0.717, 1.165) is 22.7 Å². The average molecular weight is 687 g/mol. The van der Waals surface area contributed by atoms with E-state index in [1.54, 1.807) is 0 Å². The maximum atomic E-state index is 2.45. The molecule has 0 spiro atoms. The Morgan fingerprint density at radius 2 is 0.963 bits per heavy atom. The molecule has 11 aromatic rings. The minimum absolute atomic E-state index is 1.11. The second-order valence-electron chi connectivity index (χ2n) is 14.1. The zero-order chi connectivity index (χ0) is 35.6. The van der Waals surface area contributed by atoms with E-state index in [0.29, 0.717) is 0 Å². The zero-order valence-electron chi connectivity index (χ0n) is 29.5. The van der Waals surface area contributed by atoms with Crippen LogP contribution in [0.1, 0.15) is 0 Å². The summed E-state index contributed by atoms with van der Waals surface area (Å²) in [6, 6.07) is 75.4. The molecule has 252 valence electrons. The minimum atomic E-state index is 1.11. The van der Waals surface area contributed by atoms with E-state index in [1.807, 2.05) is 0 Å². The lowest BCUT2D eigenvalue weighted by molar-refractivity contribution is 1.19. The third-order valence-electron chi connectivity index (χ3n) is 11.1. The van der Waals surface area contributed by atoms with E-state index in [2.05, 4.69) is 216 Å². The summed E-state index contributed by atoms with van der Waals surface area (Å²) in [4.78, 5) is 2.45. The highest BCUT2D eigenvalue weighted by Gasteiger charge is 2.22. The van der Waals surface area contributed by atoms with Gasteiger partial charge in [-0.3, -0.25) is 0 Å². The van der Waals surface area contributed by atoms with Crippen molar-refractivity contribution in [1.29, 1.82) is 0 Å². The average Bonchev–Trinajstić information content (AvgIpc) is 3.60. The fourth-order valence-corrected chi connectivity index (χ4v) is 8.68. The number of nitrogens with zero attached hydrogens (tertiary/aromatic N) is 2. The second kappa shape index (κ2) is 12.2. The normalized spacial score (nSPS) is 11.7. The van der Waals surface area contributed by atoms with E-state index in [-0.39, 0.29) is 0 Å². The lowest BCUT2D eigenvalue weighted by atomic mass is 9.94. The van der Waals surface area contributed by atoms with Crippen LogP contribution in [0.3, 0.4) is 0 Å². The minimum Gasteiger partial charge on any atom is -0.310 e. The van der Waals surface area contributed by atoms with Gasteiger partial charge in [-0.15, -0.1) is 0 Å². The first-order chi connectivity index (χ1) is 26.8. The smallest absolute Gasteiger partial charge is 0.0625 e. The molecule has 0 aliphatic heterocycles. The van der Waals surface area contributed by atoms with Gasteiger partial charge in [0.2, 0.25) is 0 Å². The molecule has 0 N–H and O–H groups in total. The maximum absolute atomic E-state index is 2.45. The molecular formula is C52H34N2. The molecule has 0 bridgehead atoms. The molecular weight excluding hydrogens is 653 g/mol. The maximum Gasteiger partial charge on any atom is 0.0625 e. The summed E-state index contributed by atoms with van der Waals surface area (Å²) in [7, 11) is 0. The highest BCUT2D eigenvalue weighted by Crippen LogP contribution is 2.46. The predicted octanol–water partition coefficient (Wildman–Crippen LogP) is 14.5. The number of aromatic nitrogens is 1. The van der Waals surface area contributed by atoms with Gasteiger partial charge in [-0.2, -0.15) is 0 Å². The zero-order valence-corrected chi connectivity index (χ0v) is 29.5. The second-order valence-corrected chi connectivity index (χ2v) is 14.1. The molecule has 0 unspecified atom stereocenters. The van der Waals surface area contributed by atoms with Crippen molar-refractivity contribution < 1.29 is 0 Å². The molecule has 1 aromatic heterocycles. The van der Waals surface area contributed by atoms with Gasteiger partial charge in [0, 0.05) is 38.6 Å². The molecule has 2 nitrogen and oxygen atoms in total. The molecule has 54 heavy (non-hydrogen) atoms. The van der Waals surface area contributed by atoms with Crippen LogP contribution in [0, 0.1) is 0 Å². The molecule has 0 saturated carbocycles. The number of fused-ring (bicyclic) bond motifs is 9. The van der Waals surface area contributed by atoms with Crippen molar-refractivity contribution >= 4 is 82.0 Å². The van der Waals surface area contributed by atoms with Crippen molar-refractivity contribution in [1.82, 2.24) is 4.57 Å². The first kappa shape index (κ1) is 30.5. The van der Waals surface area contributed by atoms with Crippen LogP contribution in [-0.2, 0) is 0 Å². The highest BCUT2D eigenvalue weighted by molar-refractivity contribution is 6.24. The summed E-state index contributed by atoms with van der Waals surface area (Å²) in [5, 5.41) is 12.4. The Labute approximate surface area is 313 Å². The third kappa shape index (κ3) is 4.74. The van der Waals surface area contributed by atoms with Crippen molar-refractivity contribution in [2.45, 2.75) is 0 Å². The molecule has 0 radical (unpaired) electrons. The number of hydrogen-bond acceptors (Lipinski definition) is 1. The molecule has 0 saturated heterocycles. The van der Waals surface area contributed by atoms with Crippen molar-refractivity contribution in [3.05, 3.63) is 206 Å². The number of anilines is 3. The summed E-state index contributed by atoms with van der Waals surface area (Å²) in [5.74, 6) is 0. The Morgan fingerprint density at radius 1 is 0.352 bits per heavy atom. The molecule has 0 atom stereocenters. The van der Waals surface area contributed by atoms with Crippen molar-refractivity contribution in [3.63, 3.8) is 0 Å². The van der Waals surface area contributed by atoms with Crippen molar-refractivity contribution in [3.8, 4) is 16.8 Å². The lowest BCUT2D eigenvalue weighted by Crippen LogP contribution is -2.11. The summed E-state index contributed by atoms with van der Waals surface area (Å²) in [6.07, 6.45) is 0. The predicted molar refractivity (Wildman–Crippen MR) is 231 cm³/mol. The fraction of sp³-hybridized carbons (Fsp3) is 0. The van der Waals surface area contributed by atoms with Gasteiger partial charge < -0.3 is 9.47 Å². The lowest BCUT2D eigenvalue weighted by Gasteiger charge is -2.28. The van der Waals surface area contributed by atoms with Crippen molar-refractivity contribution in [2.75, 3.05) is 4.90 Å². The molecule has 11 rings (SSSR count).